The molecule has 1 aliphatic heterocycles. The first-order valence-electron chi connectivity index (χ1n) is 7.78. The molecule has 0 N–H and O–H groups in total. The average molecular weight is 433 g/mol. The van der Waals surface area contributed by atoms with Gasteiger partial charge in [-0.15, -0.1) is 0 Å². The lowest BCUT2D eigenvalue weighted by molar-refractivity contribution is -0.384. The number of rotatable bonds is 5. The first-order valence-corrected chi connectivity index (χ1v) is 9.98. The first-order chi connectivity index (χ1) is 12.8. The quantitative estimate of drug-likeness (QED) is 0.527. The highest BCUT2D eigenvalue weighted by atomic mass is 35.5. The highest BCUT2D eigenvalue weighted by Gasteiger charge is 2.28. The summed E-state index contributed by atoms with van der Waals surface area (Å²) >= 11 is 12.4. The lowest BCUT2D eigenvalue weighted by Crippen LogP contribution is -2.40. The highest BCUT2D eigenvalue weighted by molar-refractivity contribution is 7.89. The fraction of sp³-hybridized carbons (Fsp3) is 0.250. The molecule has 1 aliphatic rings. The number of benzene rings is 2. The molecule has 3 rings (SSSR count). The molecule has 0 saturated carbocycles. The molecule has 0 bridgehead atoms. The summed E-state index contributed by atoms with van der Waals surface area (Å²) in [5.74, 6) is 0.335. The van der Waals surface area contributed by atoms with E-state index in [4.69, 9.17) is 32.7 Å². The second-order valence-corrected chi connectivity index (χ2v) is 8.34. The molecule has 0 radical (unpaired) electrons. The van der Waals surface area contributed by atoms with Crippen molar-refractivity contribution in [3.05, 3.63) is 56.6 Å². The number of nitrogens with zero attached hydrogens (tertiary/aromatic N) is 2. The van der Waals surface area contributed by atoms with Gasteiger partial charge in [0.05, 0.1) is 33.1 Å². The van der Waals surface area contributed by atoms with Gasteiger partial charge < -0.3 is 9.47 Å². The van der Waals surface area contributed by atoms with Crippen molar-refractivity contribution < 1.29 is 22.8 Å². The van der Waals surface area contributed by atoms with Gasteiger partial charge in [0, 0.05) is 25.2 Å². The van der Waals surface area contributed by atoms with Crippen LogP contribution in [0.3, 0.4) is 0 Å². The predicted molar refractivity (Wildman–Crippen MR) is 99.2 cm³/mol. The summed E-state index contributed by atoms with van der Waals surface area (Å²) < 4.78 is 37.5. The van der Waals surface area contributed by atoms with Crippen LogP contribution in [-0.4, -0.2) is 43.9 Å². The Kier molecular flexibility index (Phi) is 5.87. The Balaban J connectivity index is 1.87. The van der Waals surface area contributed by atoms with E-state index >= 15 is 0 Å². The van der Waals surface area contributed by atoms with Gasteiger partial charge in [0.15, 0.2) is 5.75 Å². The normalized spacial score (nSPS) is 15.5. The Bertz CT molecular complexity index is 936. The molecule has 144 valence electrons. The summed E-state index contributed by atoms with van der Waals surface area (Å²) in [6.45, 7) is 1.14. The van der Waals surface area contributed by atoms with E-state index in [0.29, 0.717) is 13.2 Å². The summed E-state index contributed by atoms with van der Waals surface area (Å²) in [4.78, 5) is 10.1. The number of morpholine rings is 1. The first kappa shape index (κ1) is 19.8. The van der Waals surface area contributed by atoms with E-state index in [1.165, 1.54) is 40.7 Å². The molecule has 1 heterocycles. The second kappa shape index (κ2) is 7.99. The van der Waals surface area contributed by atoms with Crippen LogP contribution in [0.25, 0.3) is 0 Å². The third kappa shape index (κ3) is 4.33. The van der Waals surface area contributed by atoms with Gasteiger partial charge >= 0.3 is 0 Å². The number of nitro benzene ring substituents is 1. The van der Waals surface area contributed by atoms with Crippen molar-refractivity contribution >= 4 is 38.9 Å². The monoisotopic (exact) mass is 432 g/mol. The van der Waals surface area contributed by atoms with Gasteiger partial charge in [-0.25, -0.2) is 8.42 Å². The maximum Gasteiger partial charge on any atom is 0.269 e. The zero-order valence-corrected chi connectivity index (χ0v) is 16.1. The predicted octanol–water partition coefficient (Wildman–Crippen LogP) is 3.71. The van der Waals surface area contributed by atoms with E-state index in [1.807, 2.05) is 0 Å². The van der Waals surface area contributed by atoms with Crippen LogP contribution in [0, 0.1) is 10.1 Å². The number of non-ortho nitro benzene ring substituents is 1. The molecule has 2 aromatic rings. The van der Waals surface area contributed by atoms with Crippen molar-refractivity contribution in [1.29, 1.82) is 0 Å². The van der Waals surface area contributed by atoms with E-state index in [2.05, 4.69) is 0 Å². The van der Waals surface area contributed by atoms with Gasteiger partial charge in [-0.1, -0.05) is 23.2 Å². The molecule has 1 saturated heterocycles. The van der Waals surface area contributed by atoms with Crippen LogP contribution in [0.1, 0.15) is 0 Å². The van der Waals surface area contributed by atoms with E-state index in [-0.39, 0.29) is 45.2 Å². The van der Waals surface area contributed by atoms with Crippen LogP contribution in [0.15, 0.2) is 41.3 Å². The summed E-state index contributed by atoms with van der Waals surface area (Å²) in [5, 5.41) is 10.7. The van der Waals surface area contributed by atoms with Crippen molar-refractivity contribution in [2.75, 3.05) is 26.3 Å². The SMILES string of the molecule is O=[N+]([O-])c1ccc(Oc2c(Cl)cc(S(=O)(=O)N3CCOCC3)cc2Cl)cc1. The van der Waals surface area contributed by atoms with Crippen LogP contribution < -0.4 is 4.74 Å². The molecule has 0 amide bonds. The van der Waals surface area contributed by atoms with Crippen molar-refractivity contribution in [1.82, 2.24) is 4.31 Å². The van der Waals surface area contributed by atoms with Gasteiger partial charge in [0.1, 0.15) is 5.75 Å². The van der Waals surface area contributed by atoms with Gasteiger partial charge in [-0.3, -0.25) is 10.1 Å². The van der Waals surface area contributed by atoms with Crippen LogP contribution in [0.5, 0.6) is 11.5 Å². The van der Waals surface area contributed by atoms with E-state index in [1.54, 1.807) is 0 Å². The molecule has 0 unspecified atom stereocenters. The van der Waals surface area contributed by atoms with E-state index < -0.39 is 14.9 Å². The summed E-state index contributed by atoms with van der Waals surface area (Å²) in [7, 11) is -3.76. The molecular weight excluding hydrogens is 419 g/mol. The minimum atomic E-state index is -3.76. The zero-order valence-electron chi connectivity index (χ0n) is 13.8. The van der Waals surface area contributed by atoms with Crippen molar-refractivity contribution in [3.8, 4) is 11.5 Å². The third-order valence-electron chi connectivity index (χ3n) is 3.85. The van der Waals surface area contributed by atoms with E-state index in [9.17, 15) is 18.5 Å². The van der Waals surface area contributed by atoms with Crippen molar-refractivity contribution in [3.63, 3.8) is 0 Å². The van der Waals surface area contributed by atoms with Crippen LogP contribution in [0.2, 0.25) is 10.0 Å². The number of ether oxygens (including phenoxy) is 2. The van der Waals surface area contributed by atoms with Crippen molar-refractivity contribution in [2.24, 2.45) is 0 Å². The lowest BCUT2D eigenvalue weighted by atomic mass is 10.3. The summed E-state index contributed by atoms with van der Waals surface area (Å²) in [6, 6.07) is 7.85. The molecule has 0 atom stereocenters. The largest absolute Gasteiger partial charge is 0.454 e. The minimum absolute atomic E-state index is 0.00712. The Hall–Kier alpha value is -1.91. The standard InChI is InChI=1S/C16H14Cl2N2O6S/c17-14-9-13(27(23,24)19-5-7-25-8-6-19)10-15(18)16(14)26-12-3-1-11(2-4-12)20(21)22/h1-4,9-10H,5-8H2. The van der Waals surface area contributed by atoms with E-state index in [0.717, 1.165) is 0 Å². The minimum Gasteiger partial charge on any atom is -0.454 e. The number of hydrogen-bond donors (Lipinski definition) is 0. The zero-order chi connectivity index (χ0) is 19.6. The van der Waals surface area contributed by atoms with Gasteiger partial charge in [-0.05, 0) is 24.3 Å². The maximum atomic E-state index is 12.7. The lowest BCUT2D eigenvalue weighted by Gasteiger charge is -2.26. The Morgan fingerprint density at radius 1 is 1.07 bits per heavy atom. The fourth-order valence-corrected chi connectivity index (χ4v) is 4.63. The molecule has 8 nitrogen and oxygen atoms in total. The number of nitro groups is 1. The van der Waals surface area contributed by atoms with Gasteiger partial charge in [0.25, 0.3) is 5.69 Å². The molecule has 0 aliphatic carbocycles. The summed E-state index contributed by atoms with van der Waals surface area (Å²) in [6.07, 6.45) is 0. The molecule has 27 heavy (non-hydrogen) atoms. The Morgan fingerprint density at radius 3 is 2.15 bits per heavy atom. The Morgan fingerprint density at radius 2 is 1.63 bits per heavy atom. The number of sulfonamides is 1. The Labute approximate surface area is 165 Å². The van der Waals surface area contributed by atoms with Crippen LogP contribution in [-0.2, 0) is 14.8 Å². The van der Waals surface area contributed by atoms with Gasteiger partial charge in [-0.2, -0.15) is 4.31 Å². The molecule has 11 heteroatoms. The third-order valence-corrected chi connectivity index (χ3v) is 6.28. The number of halogens is 2. The summed E-state index contributed by atoms with van der Waals surface area (Å²) in [5.41, 5.74) is -0.0912. The molecule has 0 spiro atoms. The molecule has 1 fully saturated rings. The molecule has 2 aromatic carbocycles. The van der Waals surface area contributed by atoms with Crippen molar-refractivity contribution in [2.45, 2.75) is 4.90 Å². The smallest absolute Gasteiger partial charge is 0.269 e. The average Bonchev–Trinajstić information content (AvgIpc) is 2.65. The highest BCUT2D eigenvalue weighted by Crippen LogP contribution is 2.39. The molecule has 0 aromatic heterocycles. The maximum absolute atomic E-state index is 12.7. The van der Waals surface area contributed by atoms with Crippen LogP contribution in [0.4, 0.5) is 5.69 Å². The topological polar surface area (TPSA) is 99.0 Å². The second-order valence-electron chi connectivity index (χ2n) is 5.59. The van der Waals surface area contributed by atoms with Crippen LogP contribution >= 0.6 is 23.2 Å². The molecular formula is C16H14Cl2N2O6S. The van der Waals surface area contributed by atoms with Gasteiger partial charge in [0.2, 0.25) is 10.0 Å². The number of hydrogen-bond acceptors (Lipinski definition) is 6. The fourth-order valence-electron chi connectivity index (χ4n) is 2.47.